The van der Waals surface area contributed by atoms with Crippen molar-refractivity contribution in [2.24, 2.45) is 10.8 Å². The third-order valence-corrected chi connectivity index (χ3v) is 6.43. The first-order valence-electron chi connectivity index (χ1n) is 9.31. The number of aliphatic hydroxyl groups is 1. The van der Waals surface area contributed by atoms with Crippen molar-refractivity contribution in [3.8, 4) is 0 Å². The molecule has 0 radical (unpaired) electrons. The fourth-order valence-electron chi connectivity index (χ4n) is 4.51. The third-order valence-electron chi connectivity index (χ3n) is 5.71. The number of hydrogen-bond acceptors (Lipinski definition) is 1. The molecule has 1 nitrogen and oxygen atoms in total. The lowest BCUT2D eigenvalue weighted by Gasteiger charge is -2.35. The molecule has 0 saturated heterocycles. The Morgan fingerprint density at radius 2 is 1.54 bits per heavy atom. The van der Waals surface area contributed by atoms with Gasteiger partial charge >= 0.3 is 0 Å². The molecule has 0 spiro atoms. The van der Waals surface area contributed by atoms with Gasteiger partial charge in [0.2, 0.25) is 0 Å². The average Bonchev–Trinajstić information content (AvgIpc) is 2.42. The van der Waals surface area contributed by atoms with E-state index in [1.54, 1.807) is 11.1 Å². The molecule has 2 heteroatoms. The van der Waals surface area contributed by atoms with Crippen LogP contribution in [-0.2, 0) is 0 Å². The molecule has 0 aromatic heterocycles. The lowest BCUT2D eigenvalue weighted by Crippen LogP contribution is -2.28. The van der Waals surface area contributed by atoms with Crippen LogP contribution in [0.4, 0.5) is 0 Å². The van der Waals surface area contributed by atoms with Crippen LogP contribution in [0.2, 0.25) is 0 Å². The molecule has 0 heterocycles. The zero-order valence-corrected chi connectivity index (χ0v) is 17.4. The van der Waals surface area contributed by atoms with E-state index in [0.29, 0.717) is 14.0 Å². The molecular weight excluding hydrogens is 311 g/mol. The maximum Gasteiger partial charge on any atom is 0.0585 e. The second kappa shape index (κ2) is 7.71. The molecular formula is C22H35OP. The minimum absolute atomic E-state index is 0.0803. The Balaban J connectivity index is 2.03. The molecule has 0 aromatic rings. The predicted molar refractivity (Wildman–Crippen MR) is 109 cm³/mol. The molecule has 0 fully saturated rings. The quantitative estimate of drug-likeness (QED) is 0.560. The fourth-order valence-corrected chi connectivity index (χ4v) is 5.15. The maximum absolute atomic E-state index is 9.99. The Kier molecular flexibility index (Phi) is 6.32. The highest BCUT2D eigenvalue weighted by molar-refractivity contribution is 7.45. The molecule has 1 N–H and O–H groups in total. The van der Waals surface area contributed by atoms with E-state index in [-0.39, 0.29) is 11.5 Å². The molecule has 2 atom stereocenters. The van der Waals surface area contributed by atoms with E-state index < -0.39 is 0 Å². The van der Waals surface area contributed by atoms with Gasteiger partial charge in [-0.15, -0.1) is 0 Å². The minimum atomic E-state index is -0.178. The standard InChI is InChI=1S/C22H35OP/c1-16-8-7-11-21(3,4)19(16)9-12-24-13-10-20-17(2)14-18(23)15-22(20,5)6/h9-10,12-13,18,23-24H,7-8,11,14-15H2,1-6H3/b12-9+,13-10+/t18-/m1/s1. The molecule has 0 saturated carbocycles. The molecule has 0 bridgehead atoms. The lowest BCUT2D eigenvalue weighted by molar-refractivity contribution is 0.116. The second-order valence-corrected chi connectivity index (χ2v) is 9.90. The molecule has 0 amide bonds. The van der Waals surface area contributed by atoms with E-state index in [1.165, 1.54) is 30.4 Å². The normalized spacial score (nSPS) is 28.0. The summed E-state index contributed by atoms with van der Waals surface area (Å²) in [7, 11) is 0.714. The van der Waals surface area contributed by atoms with Crippen LogP contribution in [-0.4, -0.2) is 11.2 Å². The van der Waals surface area contributed by atoms with Crippen molar-refractivity contribution in [3.63, 3.8) is 0 Å². The maximum atomic E-state index is 9.99. The van der Waals surface area contributed by atoms with Crippen molar-refractivity contribution < 1.29 is 5.11 Å². The Bertz CT molecular complexity index is 587. The predicted octanol–water partition coefficient (Wildman–Crippen LogP) is 6.72. The second-order valence-electron chi connectivity index (χ2n) is 8.90. The summed E-state index contributed by atoms with van der Waals surface area (Å²) < 4.78 is 0. The lowest BCUT2D eigenvalue weighted by atomic mass is 9.72. The Morgan fingerprint density at radius 1 is 0.958 bits per heavy atom. The van der Waals surface area contributed by atoms with Crippen LogP contribution in [0.1, 0.15) is 73.6 Å². The van der Waals surface area contributed by atoms with Gasteiger partial charge in [0.05, 0.1) is 6.10 Å². The number of hydrogen-bond donors (Lipinski definition) is 1. The first-order valence-corrected chi connectivity index (χ1v) is 10.5. The molecule has 0 aromatic carbocycles. The molecule has 24 heavy (non-hydrogen) atoms. The summed E-state index contributed by atoms with van der Waals surface area (Å²) in [6, 6.07) is 0. The van der Waals surface area contributed by atoms with Crippen molar-refractivity contribution >= 4 is 8.58 Å². The highest BCUT2D eigenvalue weighted by atomic mass is 31.1. The van der Waals surface area contributed by atoms with Crippen LogP contribution in [0.3, 0.4) is 0 Å². The minimum Gasteiger partial charge on any atom is -0.393 e. The van der Waals surface area contributed by atoms with Crippen molar-refractivity contribution in [1.82, 2.24) is 0 Å². The van der Waals surface area contributed by atoms with Gasteiger partial charge in [0.1, 0.15) is 0 Å². The largest absolute Gasteiger partial charge is 0.393 e. The molecule has 134 valence electrons. The van der Waals surface area contributed by atoms with Gasteiger partial charge in [0, 0.05) is 0 Å². The van der Waals surface area contributed by atoms with Crippen LogP contribution in [0.5, 0.6) is 0 Å². The van der Waals surface area contributed by atoms with E-state index in [1.807, 2.05) is 0 Å². The summed E-state index contributed by atoms with van der Waals surface area (Å²) >= 11 is 0. The van der Waals surface area contributed by atoms with Gasteiger partial charge in [0.25, 0.3) is 0 Å². The Morgan fingerprint density at radius 3 is 2.08 bits per heavy atom. The van der Waals surface area contributed by atoms with E-state index >= 15 is 0 Å². The topological polar surface area (TPSA) is 20.2 Å². The molecule has 0 aliphatic heterocycles. The zero-order valence-electron chi connectivity index (χ0n) is 16.4. The van der Waals surface area contributed by atoms with Crippen LogP contribution < -0.4 is 0 Å². The summed E-state index contributed by atoms with van der Waals surface area (Å²) in [5, 5.41) is 9.99. The summed E-state index contributed by atoms with van der Waals surface area (Å²) in [6.45, 7) is 13.7. The zero-order chi connectivity index (χ0) is 18.0. The van der Waals surface area contributed by atoms with E-state index in [4.69, 9.17) is 0 Å². The van der Waals surface area contributed by atoms with Gasteiger partial charge in [-0.25, -0.2) is 0 Å². The summed E-state index contributed by atoms with van der Waals surface area (Å²) in [6.07, 6.45) is 10.1. The smallest absolute Gasteiger partial charge is 0.0585 e. The van der Waals surface area contributed by atoms with Gasteiger partial charge < -0.3 is 5.11 Å². The van der Waals surface area contributed by atoms with Crippen molar-refractivity contribution in [2.45, 2.75) is 79.8 Å². The summed E-state index contributed by atoms with van der Waals surface area (Å²) in [4.78, 5) is 0. The van der Waals surface area contributed by atoms with Crippen LogP contribution in [0.25, 0.3) is 0 Å². The molecule has 1 unspecified atom stereocenters. The fraction of sp³-hybridized carbons (Fsp3) is 0.636. The molecule has 2 rings (SSSR count). The van der Waals surface area contributed by atoms with Crippen molar-refractivity contribution in [3.05, 3.63) is 46.1 Å². The van der Waals surface area contributed by atoms with Gasteiger partial charge in [0.15, 0.2) is 0 Å². The van der Waals surface area contributed by atoms with E-state index in [2.05, 4.69) is 65.3 Å². The first-order chi connectivity index (χ1) is 11.1. The van der Waals surface area contributed by atoms with Crippen molar-refractivity contribution in [1.29, 1.82) is 0 Å². The van der Waals surface area contributed by atoms with Gasteiger partial charge in [-0.2, -0.15) is 0 Å². The number of allylic oxidation sites excluding steroid dienone is 5. The molecule has 2 aliphatic rings. The van der Waals surface area contributed by atoms with Crippen LogP contribution >= 0.6 is 8.58 Å². The molecule has 2 aliphatic carbocycles. The van der Waals surface area contributed by atoms with E-state index in [9.17, 15) is 5.11 Å². The highest BCUT2D eigenvalue weighted by Gasteiger charge is 2.31. The number of rotatable bonds is 4. The van der Waals surface area contributed by atoms with Crippen LogP contribution in [0.15, 0.2) is 46.1 Å². The summed E-state index contributed by atoms with van der Waals surface area (Å²) in [5.74, 6) is 4.64. The Labute approximate surface area is 150 Å². The Hall–Kier alpha value is -0.650. The van der Waals surface area contributed by atoms with Gasteiger partial charge in [-0.1, -0.05) is 71.2 Å². The van der Waals surface area contributed by atoms with Crippen molar-refractivity contribution in [2.75, 3.05) is 0 Å². The monoisotopic (exact) mass is 346 g/mol. The summed E-state index contributed by atoms with van der Waals surface area (Å²) in [5.41, 5.74) is 6.28. The van der Waals surface area contributed by atoms with E-state index in [0.717, 1.165) is 12.8 Å². The highest BCUT2D eigenvalue weighted by Crippen LogP contribution is 2.43. The number of aliphatic hydroxyl groups excluding tert-OH is 1. The SMILES string of the molecule is CC1=C(/C=C/P/C=C/C2=C(C)C[C@@H](O)CC2(C)C)C(C)(C)CCC1. The average molecular weight is 346 g/mol. The van der Waals surface area contributed by atoms with Crippen LogP contribution in [0, 0.1) is 10.8 Å². The van der Waals surface area contributed by atoms with Gasteiger partial charge in [-0.05, 0) is 67.9 Å². The van der Waals surface area contributed by atoms with Gasteiger partial charge in [-0.3, -0.25) is 0 Å². The third kappa shape index (κ3) is 4.70. The first kappa shape index (κ1) is 19.7.